The smallest absolute Gasteiger partial charge is 0.270 e. The Kier molecular flexibility index (Phi) is 2.86. The molecule has 1 aromatic carbocycles. The Bertz CT molecular complexity index is 802. The van der Waals surface area contributed by atoms with Gasteiger partial charge in [0.25, 0.3) is 11.6 Å². The monoisotopic (exact) mass is 283 g/mol. The van der Waals surface area contributed by atoms with Crippen molar-refractivity contribution in [3.8, 4) is 0 Å². The van der Waals surface area contributed by atoms with Crippen LogP contribution in [0, 0.1) is 24.0 Å². The lowest BCUT2D eigenvalue weighted by molar-refractivity contribution is -0.384. The number of hydrogen-bond donors (Lipinski definition) is 2. The maximum atomic E-state index is 12.1. The average Bonchev–Trinajstić information content (AvgIpc) is 2.90. The third-order valence-corrected chi connectivity index (χ3v) is 3.48. The first-order valence-electron chi connectivity index (χ1n) is 6.44. The molecule has 0 fully saturated rings. The summed E-state index contributed by atoms with van der Waals surface area (Å²) in [5, 5.41) is 13.6. The van der Waals surface area contributed by atoms with Crippen molar-refractivity contribution in [2.75, 3.05) is 5.32 Å². The molecule has 0 saturated carbocycles. The SMILES string of the molecule is Cc1cc(C)c(/C=C2\C(=O)Nc3ccc([N+](=O)[O-])cc32)[nH]1. The fourth-order valence-corrected chi connectivity index (χ4v) is 2.48. The van der Waals surface area contributed by atoms with Crippen molar-refractivity contribution in [1.29, 1.82) is 0 Å². The van der Waals surface area contributed by atoms with Gasteiger partial charge in [0.15, 0.2) is 0 Å². The van der Waals surface area contributed by atoms with Crippen molar-refractivity contribution in [1.82, 2.24) is 4.98 Å². The van der Waals surface area contributed by atoms with Crippen LogP contribution in [0.4, 0.5) is 11.4 Å². The number of fused-ring (bicyclic) bond motifs is 1. The van der Waals surface area contributed by atoms with Crippen molar-refractivity contribution >= 4 is 28.9 Å². The molecule has 0 aliphatic carbocycles. The summed E-state index contributed by atoms with van der Waals surface area (Å²) >= 11 is 0. The number of amides is 1. The minimum absolute atomic E-state index is 0.0319. The topological polar surface area (TPSA) is 88.0 Å². The van der Waals surface area contributed by atoms with Gasteiger partial charge in [0.1, 0.15) is 0 Å². The highest BCUT2D eigenvalue weighted by Gasteiger charge is 2.26. The largest absolute Gasteiger partial charge is 0.359 e. The second kappa shape index (κ2) is 4.59. The summed E-state index contributed by atoms with van der Waals surface area (Å²) in [6.07, 6.45) is 1.73. The van der Waals surface area contributed by atoms with Crippen LogP contribution in [-0.4, -0.2) is 15.8 Å². The number of hydrogen-bond acceptors (Lipinski definition) is 3. The second-order valence-corrected chi connectivity index (χ2v) is 5.05. The molecule has 0 spiro atoms. The third kappa shape index (κ3) is 2.20. The Labute approximate surface area is 120 Å². The van der Waals surface area contributed by atoms with Gasteiger partial charge in [-0.05, 0) is 37.6 Å². The molecular weight excluding hydrogens is 270 g/mol. The standard InChI is InChI=1S/C15H13N3O3/c1-8-5-9(2)16-14(8)7-12-11-6-10(18(20)21)3-4-13(11)17-15(12)19/h3-7,16H,1-2H3,(H,17,19)/b12-7-. The van der Waals surface area contributed by atoms with Crippen molar-refractivity contribution in [3.63, 3.8) is 0 Å². The van der Waals surface area contributed by atoms with Crippen LogP contribution in [0.25, 0.3) is 11.6 Å². The lowest BCUT2D eigenvalue weighted by Crippen LogP contribution is -2.03. The normalized spacial score (nSPS) is 15.1. The maximum Gasteiger partial charge on any atom is 0.270 e. The Morgan fingerprint density at radius 3 is 2.62 bits per heavy atom. The molecule has 1 aliphatic rings. The van der Waals surface area contributed by atoms with Gasteiger partial charge >= 0.3 is 0 Å². The summed E-state index contributed by atoms with van der Waals surface area (Å²) in [6.45, 7) is 3.87. The molecular formula is C15H13N3O3. The van der Waals surface area contributed by atoms with E-state index >= 15 is 0 Å². The first-order valence-corrected chi connectivity index (χ1v) is 6.44. The second-order valence-electron chi connectivity index (χ2n) is 5.05. The number of carbonyl (C=O) groups excluding carboxylic acids is 1. The van der Waals surface area contributed by atoms with E-state index in [0.717, 1.165) is 17.0 Å². The number of non-ortho nitro benzene ring substituents is 1. The molecule has 106 valence electrons. The molecule has 0 bridgehead atoms. The molecule has 21 heavy (non-hydrogen) atoms. The average molecular weight is 283 g/mol. The van der Waals surface area contributed by atoms with E-state index in [-0.39, 0.29) is 11.6 Å². The van der Waals surface area contributed by atoms with E-state index in [1.165, 1.54) is 12.1 Å². The summed E-state index contributed by atoms with van der Waals surface area (Å²) in [5.41, 5.74) is 4.40. The van der Waals surface area contributed by atoms with Gasteiger partial charge in [0.2, 0.25) is 0 Å². The van der Waals surface area contributed by atoms with Gasteiger partial charge in [-0.25, -0.2) is 0 Å². The Balaban J connectivity index is 2.13. The van der Waals surface area contributed by atoms with Crippen LogP contribution in [0.5, 0.6) is 0 Å². The first kappa shape index (κ1) is 13.1. The number of nitrogens with one attached hydrogen (secondary N) is 2. The van der Waals surface area contributed by atoms with Gasteiger partial charge in [-0.2, -0.15) is 0 Å². The third-order valence-electron chi connectivity index (χ3n) is 3.48. The van der Waals surface area contributed by atoms with Crippen molar-refractivity contribution in [3.05, 3.63) is 56.9 Å². The number of nitro benzene ring substituents is 1. The molecule has 1 amide bonds. The summed E-state index contributed by atoms with van der Waals surface area (Å²) in [4.78, 5) is 25.7. The molecule has 1 aliphatic heterocycles. The molecule has 3 rings (SSSR count). The highest BCUT2D eigenvalue weighted by molar-refractivity contribution is 6.35. The minimum Gasteiger partial charge on any atom is -0.359 e. The molecule has 6 nitrogen and oxygen atoms in total. The van der Waals surface area contributed by atoms with Gasteiger partial charge < -0.3 is 10.3 Å². The Morgan fingerprint density at radius 1 is 1.24 bits per heavy atom. The zero-order chi connectivity index (χ0) is 15.1. The number of carbonyl (C=O) groups is 1. The van der Waals surface area contributed by atoms with Gasteiger partial charge in [0.05, 0.1) is 10.5 Å². The van der Waals surface area contributed by atoms with Crippen LogP contribution in [0.3, 0.4) is 0 Å². The molecule has 2 heterocycles. The van der Waals surface area contributed by atoms with E-state index < -0.39 is 4.92 Å². The van der Waals surface area contributed by atoms with E-state index in [1.54, 1.807) is 12.1 Å². The molecule has 2 N–H and O–H groups in total. The molecule has 2 aromatic rings. The predicted octanol–water partition coefficient (Wildman–Crippen LogP) is 3.03. The van der Waals surface area contributed by atoms with Crippen LogP contribution in [-0.2, 0) is 4.79 Å². The summed E-state index contributed by atoms with van der Waals surface area (Å²) in [5.74, 6) is -0.253. The minimum atomic E-state index is -0.468. The molecule has 0 atom stereocenters. The number of aryl methyl sites for hydroxylation is 2. The van der Waals surface area contributed by atoms with Gasteiger partial charge in [-0.1, -0.05) is 0 Å². The lowest BCUT2D eigenvalue weighted by atomic mass is 10.0. The van der Waals surface area contributed by atoms with Crippen LogP contribution < -0.4 is 5.32 Å². The fraction of sp³-hybridized carbons (Fsp3) is 0.133. The molecule has 0 unspecified atom stereocenters. The lowest BCUT2D eigenvalue weighted by Gasteiger charge is -1.99. The molecule has 1 aromatic heterocycles. The maximum absolute atomic E-state index is 12.1. The number of nitrogens with zero attached hydrogens (tertiary/aromatic N) is 1. The summed E-state index contributed by atoms with van der Waals surface area (Å²) in [6, 6.07) is 6.34. The first-order chi connectivity index (χ1) is 9.95. The highest BCUT2D eigenvalue weighted by atomic mass is 16.6. The van der Waals surface area contributed by atoms with Crippen LogP contribution >= 0.6 is 0 Å². The number of benzene rings is 1. The predicted molar refractivity (Wildman–Crippen MR) is 79.9 cm³/mol. The van der Waals surface area contributed by atoms with E-state index in [2.05, 4.69) is 10.3 Å². The van der Waals surface area contributed by atoms with Gasteiger partial charge in [0, 0.05) is 34.8 Å². The van der Waals surface area contributed by atoms with E-state index in [0.29, 0.717) is 16.8 Å². The quantitative estimate of drug-likeness (QED) is 0.504. The van der Waals surface area contributed by atoms with E-state index in [9.17, 15) is 14.9 Å². The van der Waals surface area contributed by atoms with Crippen LogP contribution in [0.2, 0.25) is 0 Å². The zero-order valence-electron chi connectivity index (χ0n) is 11.6. The molecule has 0 radical (unpaired) electrons. The number of anilines is 1. The van der Waals surface area contributed by atoms with Crippen molar-refractivity contribution in [2.45, 2.75) is 13.8 Å². The van der Waals surface area contributed by atoms with Gasteiger partial charge in [-0.3, -0.25) is 14.9 Å². The molecule has 6 heteroatoms. The number of H-pyrrole nitrogens is 1. The Morgan fingerprint density at radius 2 is 2.00 bits per heavy atom. The van der Waals surface area contributed by atoms with Crippen LogP contribution in [0.15, 0.2) is 24.3 Å². The fourth-order valence-electron chi connectivity index (χ4n) is 2.48. The zero-order valence-corrected chi connectivity index (χ0v) is 11.6. The van der Waals surface area contributed by atoms with Crippen molar-refractivity contribution in [2.24, 2.45) is 0 Å². The number of rotatable bonds is 2. The summed E-state index contributed by atoms with van der Waals surface area (Å²) < 4.78 is 0. The number of aromatic nitrogens is 1. The summed E-state index contributed by atoms with van der Waals surface area (Å²) in [7, 11) is 0. The number of nitro groups is 1. The van der Waals surface area contributed by atoms with Crippen LogP contribution in [0.1, 0.15) is 22.5 Å². The van der Waals surface area contributed by atoms with E-state index in [1.807, 2.05) is 19.9 Å². The Hall–Kier alpha value is -2.89. The number of aromatic amines is 1. The molecule has 0 saturated heterocycles. The van der Waals surface area contributed by atoms with Crippen molar-refractivity contribution < 1.29 is 9.72 Å². The highest BCUT2D eigenvalue weighted by Crippen LogP contribution is 2.35. The van der Waals surface area contributed by atoms with E-state index in [4.69, 9.17) is 0 Å². The van der Waals surface area contributed by atoms with Gasteiger partial charge in [-0.15, -0.1) is 0 Å².